The normalized spacial score (nSPS) is 13.6. The van der Waals surface area contributed by atoms with E-state index in [4.69, 9.17) is 9.47 Å². The lowest BCUT2D eigenvalue weighted by Crippen LogP contribution is -2.35. The monoisotopic (exact) mass is 557 g/mol. The molecule has 2 N–H and O–H groups in total. The number of ether oxygens (including phenoxy) is 2. The van der Waals surface area contributed by atoms with E-state index in [1.165, 1.54) is 18.5 Å². The van der Waals surface area contributed by atoms with Crippen LogP contribution in [0.15, 0.2) is 78.1 Å². The number of amides is 1. The Morgan fingerprint density at radius 3 is 2.48 bits per heavy atom. The van der Waals surface area contributed by atoms with E-state index >= 15 is 0 Å². The molecule has 10 nitrogen and oxygen atoms in total. The van der Waals surface area contributed by atoms with Crippen LogP contribution in [0.4, 0.5) is 0 Å². The number of benzene rings is 3. The first-order valence-electron chi connectivity index (χ1n) is 12.7. The number of carbonyl (C=O) groups is 1. The zero-order valence-electron chi connectivity index (χ0n) is 22.1. The molecule has 0 saturated carbocycles. The number of fused-ring (bicyclic) bond motifs is 2. The molecule has 0 radical (unpaired) electrons. The molecule has 2 aromatic heterocycles. The van der Waals surface area contributed by atoms with Gasteiger partial charge >= 0.3 is 0 Å². The number of nitrogens with one attached hydrogen (secondary N) is 2. The minimum Gasteiger partial charge on any atom is -0.454 e. The average Bonchev–Trinajstić information content (AvgIpc) is 3.70. The fourth-order valence-electron chi connectivity index (χ4n) is 4.98. The lowest BCUT2D eigenvalue weighted by Gasteiger charge is -2.18. The number of hydrogen-bond donors (Lipinski definition) is 2. The highest BCUT2D eigenvalue weighted by Crippen LogP contribution is 2.39. The molecule has 1 aliphatic rings. The zero-order chi connectivity index (χ0) is 28.0. The summed E-state index contributed by atoms with van der Waals surface area (Å²) in [6.07, 6.45) is 3.28. The molecule has 3 heterocycles. The van der Waals surface area contributed by atoms with Crippen molar-refractivity contribution in [3.05, 3.63) is 89.9 Å². The highest BCUT2D eigenvalue weighted by molar-refractivity contribution is 7.90. The van der Waals surface area contributed by atoms with Crippen molar-refractivity contribution >= 4 is 26.8 Å². The highest BCUT2D eigenvalue weighted by Gasteiger charge is 2.31. The van der Waals surface area contributed by atoms with Crippen molar-refractivity contribution in [2.45, 2.75) is 30.6 Å². The van der Waals surface area contributed by atoms with Crippen LogP contribution in [0.5, 0.6) is 11.5 Å². The van der Waals surface area contributed by atoms with Crippen molar-refractivity contribution in [1.29, 1.82) is 0 Å². The summed E-state index contributed by atoms with van der Waals surface area (Å²) in [5.74, 6) is 0.283. The molecular weight excluding hydrogens is 530 g/mol. The lowest BCUT2D eigenvalue weighted by atomic mass is 9.90. The Bertz CT molecular complexity index is 1830. The van der Waals surface area contributed by atoms with E-state index in [-0.39, 0.29) is 17.6 Å². The summed E-state index contributed by atoms with van der Waals surface area (Å²) in [6.45, 7) is 4.13. The van der Waals surface area contributed by atoms with Gasteiger partial charge in [0.25, 0.3) is 10.0 Å². The number of H-pyrrole nitrogens is 1. The van der Waals surface area contributed by atoms with Gasteiger partial charge in [-0.05, 0) is 52.9 Å². The molecule has 1 atom stereocenters. The fraction of sp³-hybridized carbons (Fsp3) is 0.207. The third kappa shape index (κ3) is 4.58. The number of carbonyl (C=O) groups excluding carboxylic acids is 1. The van der Waals surface area contributed by atoms with Gasteiger partial charge in [0.15, 0.2) is 17.3 Å². The Hall–Kier alpha value is -4.64. The Balaban J connectivity index is 1.43. The van der Waals surface area contributed by atoms with Crippen molar-refractivity contribution in [3.8, 4) is 22.9 Å². The molecule has 1 unspecified atom stereocenters. The Morgan fingerprint density at radius 2 is 1.75 bits per heavy atom. The second-order valence-corrected chi connectivity index (χ2v) is 11.7. The van der Waals surface area contributed by atoms with Gasteiger partial charge in [0, 0.05) is 29.7 Å². The van der Waals surface area contributed by atoms with E-state index in [0.29, 0.717) is 28.5 Å². The van der Waals surface area contributed by atoms with E-state index in [9.17, 15) is 13.2 Å². The molecule has 0 fully saturated rings. The van der Waals surface area contributed by atoms with Gasteiger partial charge in [-0.2, -0.15) is 5.10 Å². The van der Waals surface area contributed by atoms with Gasteiger partial charge in [-0.3, -0.25) is 9.89 Å². The maximum absolute atomic E-state index is 13.9. The standard InChI is InChI=1S/C29H27N5O5S/c1-17(2)18-4-8-21(9-5-18)40(36,37)33-29(35)27(19-7-11-25-26(13-19)39-16-38-25)23-14-34(3)24-12-20(6-10-22(23)24)28-30-15-31-32-28/h4-15,17,27H,16H2,1-3H3,(H,33,35)(H,30,31,32). The maximum atomic E-state index is 13.9. The van der Waals surface area contributed by atoms with Crippen molar-refractivity contribution in [3.63, 3.8) is 0 Å². The molecule has 6 rings (SSSR count). The van der Waals surface area contributed by atoms with Gasteiger partial charge in [-0.25, -0.2) is 18.1 Å². The van der Waals surface area contributed by atoms with E-state index in [1.54, 1.807) is 30.3 Å². The van der Waals surface area contributed by atoms with Crippen LogP contribution in [0.1, 0.15) is 42.4 Å². The SMILES string of the molecule is CC(C)c1ccc(S(=O)(=O)NC(=O)C(c2ccc3c(c2)OCO3)c2cn(C)c3cc(-c4ncn[nH]4)ccc23)cc1. The Morgan fingerprint density at radius 1 is 1.00 bits per heavy atom. The predicted octanol–water partition coefficient (Wildman–Crippen LogP) is 4.45. The van der Waals surface area contributed by atoms with E-state index in [0.717, 1.165) is 22.0 Å². The van der Waals surface area contributed by atoms with Crippen LogP contribution in [-0.2, 0) is 21.9 Å². The Kier molecular flexibility index (Phi) is 6.30. The molecule has 204 valence electrons. The highest BCUT2D eigenvalue weighted by atomic mass is 32.2. The molecule has 0 saturated heterocycles. The van der Waals surface area contributed by atoms with Crippen molar-refractivity contribution in [1.82, 2.24) is 24.5 Å². The second kappa shape index (κ2) is 9.83. The van der Waals surface area contributed by atoms with Gasteiger partial charge in [0.2, 0.25) is 12.7 Å². The number of aryl methyl sites for hydroxylation is 1. The minimum atomic E-state index is -4.14. The minimum absolute atomic E-state index is 0.0179. The molecule has 5 aromatic rings. The van der Waals surface area contributed by atoms with Crippen LogP contribution in [0.3, 0.4) is 0 Å². The molecule has 11 heteroatoms. The summed E-state index contributed by atoms with van der Waals surface area (Å²) in [7, 11) is -2.27. The summed E-state index contributed by atoms with van der Waals surface area (Å²) in [4.78, 5) is 18.2. The third-order valence-electron chi connectivity index (χ3n) is 7.11. The van der Waals surface area contributed by atoms with Crippen LogP contribution in [0.25, 0.3) is 22.3 Å². The molecule has 3 aromatic carbocycles. The number of hydrogen-bond acceptors (Lipinski definition) is 7. The van der Waals surface area contributed by atoms with Gasteiger partial charge in [-0.15, -0.1) is 0 Å². The van der Waals surface area contributed by atoms with Crippen LogP contribution in [-0.4, -0.2) is 40.9 Å². The van der Waals surface area contributed by atoms with Crippen molar-refractivity contribution in [2.75, 3.05) is 6.79 Å². The molecule has 0 spiro atoms. The topological polar surface area (TPSA) is 128 Å². The summed E-state index contributed by atoms with van der Waals surface area (Å²) < 4.78 is 41.9. The summed E-state index contributed by atoms with van der Waals surface area (Å²) in [5, 5.41) is 7.58. The van der Waals surface area contributed by atoms with Gasteiger partial charge < -0.3 is 14.0 Å². The zero-order valence-corrected chi connectivity index (χ0v) is 22.9. The molecule has 0 aliphatic carbocycles. The quantitative estimate of drug-likeness (QED) is 0.303. The maximum Gasteiger partial charge on any atom is 0.264 e. The largest absolute Gasteiger partial charge is 0.454 e. The van der Waals surface area contributed by atoms with Crippen LogP contribution >= 0.6 is 0 Å². The molecular formula is C29H27N5O5S. The van der Waals surface area contributed by atoms with Gasteiger partial charge in [-0.1, -0.05) is 44.2 Å². The molecule has 0 bridgehead atoms. The molecule has 1 amide bonds. The van der Waals surface area contributed by atoms with Gasteiger partial charge in [0.05, 0.1) is 10.8 Å². The summed E-state index contributed by atoms with van der Waals surface area (Å²) >= 11 is 0. The number of aromatic nitrogens is 4. The lowest BCUT2D eigenvalue weighted by molar-refractivity contribution is -0.119. The molecule has 40 heavy (non-hydrogen) atoms. The first-order valence-corrected chi connectivity index (χ1v) is 14.2. The van der Waals surface area contributed by atoms with Crippen LogP contribution in [0.2, 0.25) is 0 Å². The number of rotatable bonds is 7. The Labute approximate surface area is 231 Å². The van der Waals surface area contributed by atoms with Crippen molar-refractivity contribution in [2.24, 2.45) is 7.05 Å². The number of sulfonamides is 1. The van der Waals surface area contributed by atoms with Crippen molar-refractivity contribution < 1.29 is 22.7 Å². The van der Waals surface area contributed by atoms with E-state index < -0.39 is 21.8 Å². The van der Waals surface area contributed by atoms with Crippen LogP contribution in [0, 0.1) is 0 Å². The predicted molar refractivity (Wildman–Crippen MR) is 149 cm³/mol. The van der Waals surface area contributed by atoms with Crippen LogP contribution < -0.4 is 14.2 Å². The van der Waals surface area contributed by atoms with E-state index in [2.05, 4.69) is 19.9 Å². The first-order chi connectivity index (χ1) is 19.2. The molecule has 1 aliphatic heterocycles. The summed E-state index contributed by atoms with van der Waals surface area (Å²) in [6, 6.07) is 17.5. The van der Waals surface area contributed by atoms with E-state index in [1.807, 2.05) is 49.9 Å². The van der Waals surface area contributed by atoms with Gasteiger partial charge in [0.1, 0.15) is 6.33 Å². The fourth-order valence-corrected chi connectivity index (χ4v) is 5.98. The third-order valence-corrected chi connectivity index (χ3v) is 8.47. The summed E-state index contributed by atoms with van der Waals surface area (Å²) in [5.41, 5.74) is 3.88. The first kappa shape index (κ1) is 25.6. The second-order valence-electron chi connectivity index (χ2n) is 10.0. The number of nitrogens with zero attached hydrogens (tertiary/aromatic N) is 3. The number of aromatic amines is 1. The average molecular weight is 558 g/mol. The smallest absolute Gasteiger partial charge is 0.264 e.